The van der Waals surface area contributed by atoms with Crippen LogP contribution in [-0.4, -0.2) is 27.7 Å². The summed E-state index contributed by atoms with van der Waals surface area (Å²) in [5.41, 5.74) is 2.35. The molecule has 0 aliphatic rings. The molecule has 0 unspecified atom stereocenters. The molecule has 2 heterocycles. The van der Waals surface area contributed by atoms with E-state index in [1.165, 1.54) is 25.3 Å². The van der Waals surface area contributed by atoms with Crippen molar-refractivity contribution in [1.82, 2.24) is 15.3 Å². The van der Waals surface area contributed by atoms with Crippen molar-refractivity contribution in [1.29, 1.82) is 0 Å². The topological polar surface area (TPSA) is 113 Å². The highest BCUT2D eigenvalue weighted by Crippen LogP contribution is 2.16. The number of hydrogen-bond acceptors (Lipinski definition) is 5. The molecule has 1 aromatic carbocycles. The van der Waals surface area contributed by atoms with Crippen LogP contribution < -0.4 is 16.0 Å². The van der Waals surface area contributed by atoms with Gasteiger partial charge in [-0.25, -0.2) is 0 Å². The van der Waals surface area contributed by atoms with E-state index in [9.17, 15) is 14.4 Å². The summed E-state index contributed by atoms with van der Waals surface area (Å²) >= 11 is 0. The maximum Gasteiger partial charge on any atom is 0.274 e. The Kier molecular flexibility index (Phi) is 6.26. The Balaban J connectivity index is 1.66. The second kappa shape index (κ2) is 9.23. The van der Waals surface area contributed by atoms with Crippen molar-refractivity contribution >= 4 is 29.1 Å². The Morgan fingerprint density at radius 1 is 0.897 bits per heavy atom. The second-order valence-electron chi connectivity index (χ2n) is 6.19. The van der Waals surface area contributed by atoms with Gasteiger partial charge in [0.1, 0.15) is 5.69 Å². The standard InChI is InChI=1S/C21H19N5O3/c1-14(27)25-17-5-2-6-18(11-17)26-21(29)19-10-16(7-9-23-19)20(28)24-13-15-4-3-8-22-12-15/h2-12H,13H2,1H3,(H,24,28)(H,25,27)(H,26,29). The number of aromatic nitrogens is 2. The van der Waals surface area contributed by atoms with Crippen LogP contribution in [0.1, 0.15) is 33.3 Å². The SMILES string of the molecule is CC(=O)Nc1cccc(NC(=O)c2cc(C(=O)NCc3cccnc3)ccn2)c1. The van der Waals surface area contributed by atoms with Crippen LogP contribution in [-0.2, 0) is 11.3 Å². The maximum absolute atomic E-state index is 12.5. The summed E-state index contributed by atoms with van der Waals surface area (Å²) in [6.07, 6.45) is 4.73. The Bertz CT molecular complexity index is 1040. The minimum absolute atomic E-state index is 0.101. The van der Waals surface area contributed by atoms with E-state index < -0.39 is 5.91 Å². The summed E-state index contributed by atoms with van der Waals surface area (Å²) in [5.74, 6) is -0.995. The third-order valence-corrected chi connectivity index (χ3v) is 3.87. The van der Waals surface area contributed by atoms with Crippen molar-refractivity contribution in [3.05, 3.63) is 83.9 Å². The minimum atomic E-state index is -0.466. The highest BCUT2D eigenvalue weighted by molar-refractivity contribution is 6.05. The van der Waals surface area contributed by atoms with Gasteiger partial charge >= 0.3 is 0 Å². The van der Waals surface area contributed by atoms with Crippen LogP contribution in [0.5, 0.6) is 0 Å². The van der Waals surface area contributed by atoms with Crippen LogP contribution >= 0.6 is 0 Å². The smallest absolute Gasteiger partial charge is 0.274 e. The van der Waals surface area contributed by atoms with Gasteiger partial charge in [0.2, 0.25) is 5.91 Å². The highest BCUT2D eigenvalue weighted by atomic mass is 16.2. The van der Waals surface area contributed by atoms with Gasteiger partial charge in [0, 0.05) is 49.0 Å². The first-order chi connectivity index (χ1) is 14.0. The molecule has 0 bridgehead atoms. The molecule has 0 spiro atoms. The van der Waals surface area contributed by atoms with Gasteiger partial charge < -0.3 is 16.0 Å². The first-order valence-electron chi connectivity index (χ1n) is 8.83. The zero-order chi connectivity index (χ0) is 20.6. The Labute approximate surface area is 167 Å². The Hall–Kier alpha value is -4.07. The molecule has 29 heavy (non-hydrogen) atoms. The number of amides is 3. The maximum atomic E-state index is 12.5. The average Bonchev–Trinajstić information content (AvgIpc) is 2.72. The van der Waals surface area contributed by atoms with Crippen LogP contribution in [0, 0.1) is 0 Å². The lowest BCUT2D eigenvalue weighted by Gasteiger charge is -2.09. The fraction of sp³-hybridized carbons (Fsp3) is 0.0952. The molecule has 2 aromatic heterocycles. The molecule has 3 rings (SSSR count). The lowest BCUT2D eigenvalue weighted by molar-refractivity contribution is -0.114. The van der Waals surface area contributed by atoms with Crippen molar-refractivity contribution < 1.29 is 14.4 Å². The molecular formula is C21H19N5O3. The average molecular weight is 389 g/mol. The summed E-state index contributed by atoms with van der Waals surface area (Å²) < 4.78 is 0. The van der Waals surface area contributed by atoms with Gasteiger partial charge in [-0.2, -0.15) is 0 Å². The van der Waals surface area contributed by atoms with Crippen molar-refractivity contribution in [2.75, 3.05) is 10.6 Å². The summed E-state index contributed by atoms with van der Waals surface area (Å²) in [4.78, 5) is 44.1. The quantitative estimate of drug-likeness (QED) is 0.600. The normalized spacial score (nSPS) is 10.1. The van der Waals surface area contributed by atoms with Crippen LogP contribution in [0.2, 0.25) is 0 Å². The van der Waals surface area contributed by atoms with E-state index in [0.717, 1.165) is 5.56 Å². The van der Waals surface area contributed by atoms with E-state index in [1.54, 1.807) is 42.7 Å². The predicted molar refractivity (Wildman–Crippen MR) is 108 cm³/mol. The number of nitrogens with one attached hydrogen (secondary N) is 3. The molecule has 0 saturated heterocycles. The van der Waals surface area contributed by atoms with E-state index in [2.05, 4.69) is 25.9 Å². The number of pyridine rings is 2. The molecule has 0 fully saturated rings. The zero-order valence-corrected chi connectivity index (χ0v) is 15.7. The molecule has 0 aliphatic carbocycles. The van der Waals surface area contributed by atoms with Crippen LogP contribution in [0.25, 0.3) is 0 Å². The van der Waals surface area contributed by atoms with Gasteiger partial charge in [0.25, 0.3) is 11.8 Å². The number of nitrogens with zero attached hydrogens (tertiary/aromatic N) is 2. The molecule has 0 saturated carbocycles. The number of carbonyl (C=O) groups excluding carboxylic acids is 3. The van der Waals surface area contributed by atoms with Gasteiger partial charge in [-0.1, -0.05) is 12.1 Å². The third-order valence-electron chi connectivity index (χ3n) is 3.87. The molecule has 146 valence electrons. The Morgan fingerprint density at radius 3 is 2.41 bits per heavy atom. The van der Waals surface area contributed by atoms with E-state index in [-0.39, 0.29) is 17.5 Å². The van der Waals surface area contributed by atoms with Crippen LogP contribution in [0.3, 0.4) is 0 Å². The largest absolute Gasteiger partial charge is 0.348 e. The van der Waals surface area contributed by atoms with Crippen LogP contribution in [0.15, 0.2) is 67.1 Å². The highest BCUT2D eigenvalue weighted by Gasteiger charge is 2.12. The number of carbonyl (C=O) groups is 3. The zero-order valence-electron chi connectivity index (χ0n) is 15.7. The lowest BCUT2D eigenvalue weighted by Crippen LogP contribution is -2.23. The summed E-state index contributed by atoms with van der Waals surface area (Å²) in [6.45, 7) is 1.73. The van der Waals surface area contributed by atoms with Crippen molar-refractivity contribution in [2.45, 2.75) is 13.5 Å². The summed E-state index contributed by atoms with van der Waals surface area (Å²) in [6, 6.07) is 13.3. The molecule has 3 aromatic rings. The molecule has 0 radical (unpaired) electrons. The van der Waals surface area contributed by atoms with E-state index in [4.69, 9.17) is 0 Å². The van der Waals surface area contributed by atoms with Crippen molar-refractivity contribution in [2.24, 2.45) is 0 Å². The minimum Gasteiger partial charge on any atom is -0.348 e. The predicted octanol–water partition coefficient (Wildman–Crippen LogP) is 2.62. The summed E-state index contributed by atoms with van der Waals surface area (Å²) in [7, 11) is 0. The van der Waals surface area contributed by atoms with Crippen molar-refractivity contribution in [3.8, 4) is 0 Å². The fourth-order valence-corrected chi connectivity index (χ4v) is 2.56. The van der Waals surface area contributed by atoms with E-state index in [1.807, 2.05) is 6.07 Å². The van der Waals surface area contributed by atoms with Crippen LogP contribution in [0.4, 0.5) is 11.4 Å². The lowest BCUT2D eigenvalue weighted by atomic mass is 10.2. The first kappa shape index (κ1) is 19.7. The van der Waals surface area contributed by atoms with Gasteiger partial charge in [0.15, 0.2) is 0 Å². The van der Waals surface area contributed by atoms with Gasteiger partial charge in [-0.05, 0) is 42.0 Å². The molecule has 8 nitrogen and oxygen atoms in total. The molecule has 3 amide bonds. The van der Waals surface area contributed by atoms with Gasteiger partial charge in [0.05, 0.1) is 0 Å². The monoisotopic (exact) mass is 389 g/mol. The number of benzene rings is 1. The molecule has 3 N–H and O–H groups in total. The van der Waals surface area contributed by atoms with Gasteiger partial charge in [-0.15, -0.1) is 0 Å². The van der Waals surface area contributed by atoms with Gasteiger partial charge in [-0.3, -0.25) is 24.4 Å². The third kappa shape index (κ3) is 5.70. The first-order valence-corrected chi connectivity index (χ1v) is 8.83. The molecule has 8 heteroatoms. The number of hydrogen-bond donors (Lipinski definition) is 3. The second-order valence-corrected chi connectivity index (χ2v) is 6.19. The number of anilines is 2. The molecule has 0 atom stereocenters. The van der Waals surface area contributed by atoms with E-state index in [0.29, 0.717) is 23.5 Å². The molecular weight excluding hydrogens is 370 g/mol. The Morgan fingerprint density at radius 2 is 1.69 bits per heavy atom. The van der Waals surface area contributed by atoms with Crippen molar-refractivity contribution in [3.63, 3.8) is 0 Å². The fourth-order valence-electron chi connectivity index (χ4n) is 2.56. The summed E-state index contributed by atoms with van der Waals surface area (Å²) in [5, 5.41) is 8.13. The molecule has 0 aliphatic heterocycles. The number of rotatable bonds is 6. The van der Waals surface area contributed by atoms with E-state index >= 15 is 0 Å².